The SMILES string of the molecule is COC(C)=C(C=C(C)c1cnn(C)n1)S(=O)(=O)NC1CCC(c2cc(-c3cccnc3)cc(S(=O)(=O)NC3CCCC3)c2OC)C1. The van der Waals surface area contributed by atoms with Gasteiger partial charge in [-0.3, -0.25) is 4.98 Å². The molecule has 0 aliphatic heterocycles. The maximum atomic E-state index is 13.8. The minimum absolute atomic E-state index is 0.00382. The first-order valence-electron chi connectivity index (χ1n) is 15.4. The van der Waals surface area contributed by atoms with Gasteiger partial charge in [0.2, 0.25) is 20.0 Å². The van der Waals surface area contributed by atoms with Gasteiger partial charge < -0.3 is 9.47 Å². The molecule has 2 aromatic heterocycles. The number of hydrogen-bond acceptors (Lipinski definition) is 9. The first kappa shape index (κ1) is 33.8. The summed E-state index contributed by atoms with van der Waals surface area (Å²) in [6.07, 6.45) is 11.7. The number of sulfonamides is 2. The van der Waals surface area contributed by atoms with Gasteiger partial charge in [-0.1, -0.05) is 18.9 Å². The van der Waals surface area contributed by atoms with E-state index in [9.17, 15) is 16.8 Å². The van der Waals surface area contributed by atoms with Gasteiger partial charge in [-0.2, -0.15) is 15.0 Å². The van der Waals surface area contributed by atoms with Crippen LogP contribution >= 0.6 is 0 Å². The van der Waals surface area contributed by atoms with E-state index in [1.165, 1.54) is 25.1 Å². The number of nitrogens with zero attached hydrogens (tertiary/aromatic N) is 4. The third kappa shape index (κ3) is 7.51. The van der Waals surface area contributed by atoms with Gasteiger partial charge in [-0.25, -0.2) is 26.3 Å². The molecule has 14 heteroatoms. The molecule has 46 heavy (non-hydrogen) atoms. The number of benzene rings is 1. The first-order chi connectivity index (χ1) is 21.9. The Bertz CT molecular complexity index is 1830. The fraction of sp³-hybridized carbons (Fsp3) is 0.469. The normalized spacial score (nSPS) is 20.2. The molecule has 0 radical (unpaired) electrons. The van der Waals surface area contributed by atoms with Crippen LogP contribution in [0, 0.1) is 0 Å². The van der Waals surface area contributed by atoms with E-state index in [0.29, 0.717) is 36.1 Å². The lowest BCUT2D eigenvalue weighted by Crippen LogP contribution is -2.34. The Morgan fingerprint density at radius 2 is 1.74 bits per heavy atom. The summed E-state index contributed by atoms with van der Waals surface area (Å²) in [5.74, 6) is 0.359. The van der Waals surface area contributed by atoms with Crippen LogP contribution in [0.3, 0.4) is 0 Å². The molecule has 1 aromatic carbocycles. The van der Waals surface area contributed by atoms with Gasteiger partial charge in [-0.15, -0.1) is 0 Å². The van der Waals surface area contributed by atoms with Crippen molar-refractivity contribution >= 4 is 25.6 Å². The molecule has 0 bridgehead atoms. The predicted molar refractivity (Wildman–Crippen MR) is 176 cm³/mol. The number of aryl methyl sites for hydroxylation is 1. The minimum atomic E-state index is -4.00. The Morgan fingerprint density at radius 3 is 2.37 bits per heavy atom. The van der Waals surface area contributed by atoms with Gasteiger partial charge in [0.25, 0.3) is 0 Å². The number of methoxy groups -OCH3 is 2. The summed E-state index contributed by atoms with van der Waals surface area (Å²) in [7, 11) is -3.32. The molecule has 5 rings (SSSR count). The molecule has 2 fully saturated rings. The van der Waals surface area contributed by atoms with Gasteiger partial charge in [0.1, 0.15) is 27.0 Å². The van der Waals surface area contributed by atoms with Crippen LogP contribution in [0.2, 0.25) is 0 Å². The fourth-order valence-corrected chi connectivity index (χ4v) is 9.39. The van der Waals surface area contributed by atoms with Crippen molar-refractivity contribution in [3.63, 3.8) is 0 Å². The Balaban J connectivity index is 1.46. The van der Waals surface area contributed by atoms with Crippen LogP contribution in [0.15, 0.2) is 64.5 Å². The van der Waals surface area contributed by atoms with Gasteiger partial charge in [0.15, 0.2) is 0 Å². The average Bonchev–Trinajstić information content (AvgIpc) is 3.82. The topological polar surface area (TPSA) is 154 Å². The van der Waals surface area contributed by atoms with Crippen LogP contribution in [-0.2, 0) is 31.8 Å². The molecular weight excluding hydrogens is 629 g/mol. The van der Waals surface area contributed by atoms with E-state index in [-0.39, 0.29) is 33.3 Å². The Labute approximate surface area is 271 Å². The summed E-state index contributed by atoms with van der Waals surface area (Å²) in [4.78, 5) is 5.72. The summed E-state index contributed by atoms with van der Waals surface area (Å²) in [5, 5.41) is 8.35. The van der Waals surface area contributed by atoms with Crippen molar-refractivity contribution in [3.8, 4) is 16.9 Å². The molecule has 3 aromatic rings. The van der Waals surface area contributed by atoms with Crippen molar-refractivity contribution in [3.05, 3.63) is 70.9 Å². The Morgan fingerprint density at radius 1 is 0.978 bits per heavy atom. The van der Waals surface area contributed by atoms with Crippen molar-refractivity contribution < 1.29 is 26.3 Å². The zero-order valence-corrected chi connectivity index (χ0v) is 28.5. The van der Waals surface area contributed by atoms with Crippen molar-refractivity contribution in [2.45, 2.75) is 81.7 Å². The van der Waals surface area contributed by atoms with E-state index < -0.39 is 26.1 Å². The van der Waals surface area contributed by atoms with Crippen LogP contribution in [-0.4, -0.2) is 63.1 Å². The molecular formula is C32H42N6O6S2. The second-order valence-corrected chi connectivity index (χ2v) is 15.3. The molecule has 0 amide bonds. The second-order valence-electron chi connectivity index (χ2n) is 11.9. The van der Waals surface area contributed by atoms with Crippen LogP contribution < -0.4 is 14.2 Å². The van der Waals surface area contributed by atoms with Gasteiger partial charge in [0.05, 0.1) is 20.4 Å². The summed E-state index contributed by atoms with van der Waals surface area (Å²) < 4.78 is 72.1. The zero-order valence-electron chi connectivity index (χ0n) is 26.9. The van der Waals surface area contributed by atoms with E-state index in [0.717, 1.165) is 36.8 Å². The highest BCUT2D eigenvalue weighted by Gasteiger charge is 2.35. The van der Waals surface area contributed by atoms with Gasteiger partial charge in [-0.05, 0) is 92.8 Å². The molecule has 2 aliphatic rings. The van der Waals surface area contributed by atoms with Crippen molar-refractivity contribution in [1.82, 2.24) is 29.4 Å². The number of nitrogens with one attached hydrogen (secondary N) is 2. The van der Waals surface area contributed by atoms with E-state index in [4.69, 9.17) is 9.47 Å². The summed E-state index contributed by atoms with van der Waals surface area (Å²) >= 11 is 0. The van der Waals surface area contributed by atoms with Crippen LogP contribution in [0.1, 0.15) is 76.0 Å². The maximum absolute atomic E-state index is 13.8. The molecule has 2 saturated carbocycles. The van der Waals surface area contributed by atoms with E-state index in [1.54, 1.807) is 51.6 Å². The quantitative estimate of drug-likeness (QED) is 0.207. The van der Waals surface area contributed by atoms with Crippen molar-refractivity contribution in [1.29, 1.82) is 0 Å². The molecule has 0 saturated heterocycles. The highest BCUT2D eigenvalue weighted by molar-refractivity contribution is 7.93. The number of pyridine rings is 1. The van der Waals surface area contributed by atoms with Crippen molar-refractivity contribution in [2.75, 3.05) is 14.2 Å². The number of allylic oxidation sites excluding steroid dienone is 3. The molecule has 12 nitrogen and oxygen atoms in total. The van der Waals surface area contributed by atoms with Crippen LogP contribution in [0.4, 0.5) is 0 Å². The fourth-order valence-electron chi connectivity index (χ4n) is 6.29. The Kier molecular flexibility index (Phi) is 10.3. The number of hydrogen-bond donors (Lipinski definition) is 2. The summed E-state index contributed by atoms with van der Waals surface area (Å²) in [6.45, 7) is 3.37. The minimum Gasteiger partial charge on any atom is -0.500 e. The molecule has 0 spiro atoms. The lowest BCUT2D eigenvalue weighted by atomic mass is 9.93. The third-order valence-corrected chi connectivity index (χ3v) is 11.9. The molecule has 2 atom stereocenters. The largest absolute Gasteiger partial charge is 0.500 e. The lowest BCUT2D eigenvalue weighted by molar-refractivity contribution is 0.292. The van der Waals surface area contributed by atoms with E-state index in [2.05, 4.69) is 24.6 Å². The van der Waals surface area contributed by atoms with Gasteiger partial charge >= 0.3 is 0 Å². The smallest absolute Gasteiger partial charge is 0.244 e. The summed E-state index contributed by atoms with van der Waals surface area (Å²) in [6, 6.07) is 6.76. The monoisotopic (exact) mass is 670 g/mol. The molecule has 248 valence electrons. The average molecular weight is 671 g/mol. The van der Waals surface area contributed by atoms with Crippen LogP contribution in [0.5, 0.6) is 5.75 Å². The van der Waals surface area contributed by atoms with Gasteiger partial charge in [0, 0.05) is 37.1 Å². The first-order valence-corrected chi connectivity index (χ1v) is 18.3. The molecule has 2 unspecified atom stereocenters. The van der Waals surface area contributed by atoms with Crippen LogP contribution in [0.25, 0.3) is 16.7 Å². The van der Waals surface area contributed by atoms with E-state index in [1.807, 2.05) is 12.1 Å². The lowest BCUT2D eigenvalue weighted by Gasteiger charge is -2.22. The highest BCUT2D eigenvalue weighted by Crippen LogP contribution is 2.44. The molecule has 2 N–H and O–H groups in total. The standard InChI is InChI=1S/C32H42N6O6S2/c1-21(29-20-34-38(3)35-29)15-30(22(2)43-4)45(39,40)37-27-13-12-23(16-27)28-17-25(24-9-8-14-33-19-24)18-31(32(28)44-5)46(41,42)36-26-10-6-7-11-26/h8-9,14-15,17-20,23,26-27,36-37H,6-7,10-13,16H2,1-5H3. The third-order valence-electron chi connectivity index (χ3n) is 8.74. The predicted octanol–water partition coefficient (Wildman–Crippen LogP) is 4.64. The second kappa shape index (κ2) is 14.0. The Hall–Kier alpha value is -3.59. The molecule has 2 aliphatic carbocycles. The van der Waals surface area contributed by atoms with E-state index >= 15 is 0 Å². The summed E-state index contributed by atoms with van der Waals surface area (Å²) in [5.41, 5.74) is 3.36. The van der Waals surface area contributed by atoms with Crippen molar-refractivity contribution in [2.24, 2.45) is 7.05 Å². The highest BCUT2D eigenvalue weighted by atomic mass is 32.2. The number of ether oxygens (including phenoxy) is 2. The zero-order chi connectivity index (χ0) is 33.1. The maximum Gasteiger partial charge on any atom is 0.244 e. The molecule has 2 heterocycles. The number of aromatic nitrogens is 4. The number of rotatable bonds is 12.